The van der Waals surface area contributed by atoms with Crippen molar-refractivity contribution in [3.05, 3.63) is 52.8 Å². The van der Waals surface area contributed by atoms with Gasteiger partial charge in [0.1, 0.15) is 0 Å². The molecule has 8 heteroatoms. The molecule has 2 rings (SSSR count). The zero-order chi connectivity index (χ0) is 17.7. The van der Waals surface area contributed by atoms with E-state index in [-0.39, 0.29) is 12.2 Å². The molecule has 0 spiro atoms. The third-order valence-electron chi connectivity index (χ3n) is 3.48. The molecule has 2 N–H and O–H groups in total. The van der Waals surface area contributed by atoms with Crippen LogP contribution in [0.2, 0.25) is 5.02 Å². The highest BCUT2D eigenvalue weighted by Gasteiger charge is 2.35. The summed E-state index contributed by atoms with van der Waals surface area (Å²) in [5, 5.41) is 16.4. The number of methoxy groups -OCH3 is 1. The minimum Gasteiger partial charge on any atom is -0.479 e. The highest BCUT2D eigenvalue weighted by molar-refractivity contribution is 6.31. The highest BCUT2D eigenvalue weighted by atomic mass is 35.5. The number of aromatic nitrogens is 2. The number of hydrogen-bond donors (Lipinski definition) is 2. The number of carboxylic acids is 1. The van der Waals surface area contributed by atoms with Crippen LogP contribution in [0.25, 0.3) is 0 Å². The van der Waals surface area contributed by atoms with Gasteiger partial charge in [0.2, 0.25) is 0 Å². The van der Waals surface area contributed by atoms with Gasteiger partial charge in [-0.3, -0.25) is 9.48 Å². The second-order valence-corrected chi connectivity index (χ2v) is 5.95. The number of amides is 1. The molecule has 0 aliphatic rings. The van der Waals surface area contributed by atoms with Crippen LogP contribution in [0.5, 0.6) is 0 Å². The molecule has 1 unspecified atom stereocenters. The number of carbonyl (C=O) groups excluding carboxylic acids is 1. The lowest BCUT2D eigenvalue weighted by Gasteiger charge is -2.24. The van der Waals surface area contributed by atoms with Crippen molar-refractivity contribution >= 4 is 23.5 Å². The Bertz CT molecular complexity index is 746. The fourth-order valence-electron chi connectivity index (χ4n) is 2.13. The first-order valence-corrected chi connectivity index (χ1v) is 7.54. The fourth-order valence-corrected chi connectivity index (χ4v) is 2.33. The standard InChI is InChI=1S/C16H18ClN3O4/c1-16(10-24-2,15(22)23)19-14(21)12-7-18-20(9-12)8-11-5-3-4-6-13(11)17/h3-7,9H,8,10H2,1-2H3,(H,19,21)(H,22,23). The van der Waals surface area contributed by atoms with E-state index in [0.29, 0.717) is 11.6 Å². The summed E-state index contributed by atoms with van der Waals surface area (Å²) in [6, 6.07) is 7.33. The molecule has 0 aliphatic carbocycles. The van der Waals surface area contributed by atoms with E-state index in [9.17, 15) is 14.7 Å². The lowest BCUT2D eigenvalue weighted by Crippen LogP contribution is -2.55. The van der Waals surface area contributed by atoms with E-state index in [1.165, 1.54) is 26.4 Å². The maximum atomic E-state index is 12.3. The van der Waals surface area contributed by atoms with E-state index in [1.807, 2.05) is 18.2 Å². The van der Waals surface area contributed by atoms with Crippen LogP contribution in [0.3, 0.4) is 0 Å². The Hall–Kier alpha value is -2.38. The van der Waals surface area contributed by atoms with Gasteiger partial charge in [0, 0.05) is 18.3 Å². The van der Waals surface area contributed by atoms with E-state index in [0.717, 1.165) is 5.56 Å². The van der Waals surface area contributed by atoms with Gasteiger partial charge in [-0.05, 0) is 18.6 Å². The van der Waals surface area contributed by atoms with E-state index >= 15 is 0 Å². The summed E-state index contributed by atoms with van der Waals surface area (Å²) >= 11 is 6.10. The lowest BCUT2D eigenvalue weighted by molar-refractivity contribution is -0.145. The van der Waals surface area contributed by atoms with Crippen LogP contribution in [-0.4, -0.2) is 46.0 Å². The molecule has 1 amide bonds. The predicted molar refractivity (Wildman–Crippen MR) is 88.2 cm³/mol. The van der Waals surface area contributed by atoms with Crippen molar-refractivity contribution in [3.63, 3.8) is 0 Å². The second kappa shape index (κ2) is 7.46. The van der Waals surface area contributed by atoms with Crippen molar-refractivity contribution in [3.8, 4) is 0 Å². The van der Waals surface area contributed by atoms with Gasteiger partial charge < -0.3 is 15.2 Å². The van der Waals surface area contributed by atoms with Gasteiger partial charge in [-0.1, -0.05) is 29.8 Å². The van der Waals surface area contributed by atoms with Crippen LogP contribution in [0.1, 0.15) is 22.8 Å². The van der Waals surface area contributed by atoms with E-state index in [4.69, 9.17) is 16.3 Å². The number of halogens is 1. The fraction of sp³-hybridized carbons (Fsp3) is 0.312. The van der Waals surface area contributed by atoms with Gasteiger partial charge in [-0.2, -0.15) is 5.10 Å². The number of carbonyl (C=O) groups is 2. The number of rotatable bonds is 7. The first kappa shape index (κ1) is 18.0. The third kappa shape index (κ3) is 4.12. The highest BCUT2D eigenvalue weighted by Crippen LogP contribution is 2.16. The van der Waals surface area contributed by atoms with Gasteiger partial charge in [-0.25, -0.2) is 4.79 Å². The minimum absolute atomic E-state index is 0.151. The Morgan fingerprint density at radius 3 is 2.75 bits per heavy atom. The summed E-state index contributed by atoms with van der Waals surface area (Å²) in [6.07, 6.45) is 2.91. The molecule has 1 aromatic carbocycles. The van der Waals surface area contributed by atoms with Gasteiger partial charge in [-0.15, -0.1) is 0 Å². The van der Waals surface area contributed by atoms with E-state index in [1.54, 1.807) is 10.7 Å². The largest absolute Gasteiger partial charge is 0.479 e. The average Bonchev–Trinajstić information content (AvgIpc) is 2.98. The molecular formula is C16H18ClN3O4. The monoisotopic (exact) mass is 351 g/mol. The van der Waals surface area contributed by atoms with Gasteiger partial charge in [0.05, 0.1) is 24.9 Å². The topological polar surface area (TPSA) is 93.5 Å². The van der Waals surface area contributed by atoms with Gasteiger partial charge in [0.15, 0.2) is 5.54 Å². The number of carboxylic acid groups (broad SMARTS) is 1. The zero-order valence-electron chi connectivity index (χ0n) is 13.3. The van der Waals surface area contributed by atoms with Crippen molar-refractivity contribution < 1.29 is 19.4 Å². The van der Waals surface area contributed by atoms with Crippen LogP contribution in [-0.2, 0) is 16.1 Å². The van der Waals surface area contributed by atoms with E-state index in [2.05, 4.69) is 10.4 Å². The van der Waals surface area contributed by atoms with Crippen LogP contribution in [0.15, 0.2) is 36.7 Å². The number of nitrogens with zero attached hydrogens (tertiary/aromatic N) is 2. The SMILES string of the molecule is COCC(C)(NC(=O)c1cnn(Cc2ccccc2Cl)c1)C(=O)O. The molecular weight excluding hydrogens is 334 g/mol. The predicted octanol–water partition coefficient (Wildman–Crippen LogP) is 1.80. The van der Waals surface area contributed by atoms with Crippen molar-refractivity contribution in [1.82, 2.24) is 15.1 Å². The summed E-state index contributed by atoms with van der Waals surface area (Å²) < 4.78 is 6.43. The molecule has 0 bridgehead atoms. The smallest absolute Gasteiger partial charge is 0.331 e. The molecule has 0 fully saturated rings. The number of ether oxygens (including phenoxy) is 1. The molecule has 1 heterocycles. The third-order valence-corrected chi connectivity index (χ3v) is 3.85. The first-order chi connectivity index (χ1) is 11.4. The molecule has 2 aromatic rings. The Morgan fingerprint density at radius 2 is 2.12 bits per heavy atom. The van der Waals surface area contributed by atoms with Crippen molar-refractivity contribution in [2.24, 2.45) is 0 Å². The minimum atomic E-state index is -1.52. The maximum absolute atomic E-state index is 12.3. The van der Waals surface area contributed by atoms with Gasteiger partial charge >= 0.3 is 5.97 Å². The summed E-state index contributed by atoms with van der Waals surface area (Å²) in [5.74, 6) is -1.72. The van der Waals surface area contributed by atoms with Crippen LogP contribution >= 0.6 is 11.6 Å². The Kier molecular flexibility index (Phi) is 5.58. The Balaban J connectivity index is 2.11. The van der Waals surface area contributed by atoms with Crippen LogP contribution in [0.4, 0.5) is 0 Å². The molecule has 0 saturated heterocycles. The summed E-state index contributed by atoms with van der Waals surface area (Å²) in [4.78, 5) is 23.6. The molecule has 0 aliphatic heterocycles. The number of nitrogens with one attached hydrogen (secondary N) is 1. The van der Waals surface area contributed by atoms with Crippen LogP contribution < -0.4 is 5.32 Å². The molecule has 0 radical (unpaired) electrons. The normalized spacial score (nSPS) is 13.3. The molecule has 0 saturated carbocycles. The number of benzene rings is 1. The first-order valence-electron chi connectivity index (χ1n) is 7.16. The summed E-state index contributed by atoms with van der Waals surface area (Å²) in [5.41, 5.74) is -0.397. The Labute approximate surface area is 144 Å². The van der Waals surface area contributed by atoms with Gasteiger partial charge in [0.25, 0.3) is 5.91 Å². The average molecular weight is 352 g/mol. The molecule has 1 atom stereocenters. The zero-order valence-corrected chi connectivity index (χ0v) is 14.1. The van der Waals surface area contributed by atoms with Crippen molar-refractivity contribution in [1.29, 1.82) is 0 Å². The number of aliphatic carboxylic acids is 1. The lowest BCUT2D eigenvalue weighted by atomic mass is 10.0. The van der Waals surface area contributed by atoms with Crippen LogP contribution in [0, 0.1) is 0 Å². The summed E-state index contributed by atoms with van der Waals surface area (Å²) in [7, 11) is 1.37. The second-order valence-electron chi connectivity index (χ2n) is 5.54. The Morgan fingerprint density at radius 1 is 1.42 bits per heavy atom. The molecule has 1 aromatic heterocycles. The van der Waals surface area contributed by atoms with Crippen molar-refractivity contribution in [2.45, 2.75) is 19.0 Å². The molecule has 24 heavy (non-hydrogen) atoms. The quantitative estimate of drug-likeness (QED) is 0.793. The number of hydrogen-bond acceptors (Lipinski definition) is 4. The van der Waals surface area contributed by atoms with E-state index < -0.39 is 17.4 Å². The molecule has 7 nitrogen and oxygen atoms in total. The maximum Gasteiger partial charge on any atom is 0.331 e. The van der Waals surface area contributed by atoms with Crippen molar-refractivity contribution in [2.75, 3.05) is 13.7 Å². The molecule has 128 valence electrons. The summed E-state index contributed by atoms with van der Waals surface area (Å²) in [6.45, 7) is 1.63.